The molecule has 0 aliphatic carbocycles. The molecule has 58 valence electrons. The SMILES string of the molecule is CC(O)C(=O)NCC=CO. The minimum Gasteiger partial charge on any atom is -0.516 e. The minimum atomic E-state index is -0.993. The van der Waals surface area contributed by atoms with Crippen molar-refractivity contribution >= 4 is 5.91 Å². The second-order valence-corrected chi connectivity index (χ2v) is 1.81. The second kappa shape index (κ2) is 4.81. The Bertz CT molecular complexity index is 131. The zero-order valence-electron chi connectivity index (χ0n) is 5.74. The highest BCUT2D eigenvalue weighted by Crippen LogP contribution is 1.77. The summed E-state index contributed by atoms with van der Waals surface area (Å²) in [5, 5.41) is 19.1. The molecular weight excluding hydrogens is 134 g/mol. The van der Waals surface area contributed by atoms with Crippen LogP contribution in [0.15, 0.2) is 12.3 Å². The molecule has 0 bridgehead atoms. The molecule has 1 amide bonds. The van der Waals surface area contributed by atoms with Gasteiger partial charge in [0.25, 0.3) is 0 Å². The Kier molecular flexibility index (Phi) is 4.32. The van der Waals surface area contributed by atoms with Gasteiger partial charge >= 0.3 is 0 Å². The van der Waals surface area contributed by atoms with Crippen LogP contribution in [0, 0.1) is 0 Å². The molecule has 0 aliphatic rings. The molecule has 0 radical (unpaired) electrons. The molecule has 4 heteroatoms. The molecule has 4 nitrogen and oxygen atoms in total. The Balaban J connectivity index is 3.40. The van der Waals surface area contributed by atoms with Crippen LogP contribution in [-0.4, -0.2) is 28.8 Å². The van der Waals surface area contributed by atoms with Crippen molar-refractivity contribution < 1.29 is 15.0 Å². The van der Waals surface area contributed by atoms with Gasteiger partial charge in [-0.2, -0.15) is 0 Å². The first kappa shape index (κ1) is 8.97. The minimum absolute atomic E-state index is 0.236. The number of carbonyl (C=O) groups excluding carboxylic acids is 1. The van der Waals surface area contributed by atoms with Crippen LogP contribution in [0.3, 0.4) is 0 Å². The van der Waals surface area contributed by atoms with Gasteiger partial charge in [-0.05, 0) is 13.0 Å². The van der Waals surface area contributed by atoms with Crippen molar-refractivity contribution in [3.8, 4) is 0 Å². The van der Waals surface area contributed by atoms with Crippen LogP contribution in [-0.2, 0) is 4.79 Å². The highest BCUT2D eigenvalue weighted by Gasteiger charge is 2.04. The molecule has 1 atom stereocenters. The number of hydrogen-bond acceptors (Lipinski definition) is 3. The van der Waals surface area contributed by atoms with E-state index >= 15 is 0 Å². The predicted molar refractivity (Wildman–Crippen MR) is 36.5 cm³/mol. The quantitative estimate of drug-likeness (QED) is 0.471. The van der Waals surface area contributed by atoms with Crippen molar-refractivity contribution in [1.29, 1.82) is 0 Å². The van der Waals surface area contributed by atoms with Crippen LogP contribution >= 0.6 is 0 Å². The van der Waals surface area contributed by atoms with E-state index in [1.807, 2.05) is 0 Å². The number of amides is 1. The maximum absolute atomic E-state index is 10.5. The fourth-order valence-corrected chi connectivity index (χ4v) is 0.360. The lowest BCUT2D eigenvalue weighted by Gasteiger charge is -2.02. The van der Waals surface area contributed by atoms with E-state index in [9.17, 15) is 4.79 Å². The summed E-state index contributed by atoms with van der Waals surface area (Å²) in [6, 6.07) is 0. The van der Waals surface area contributed by atoms with Crippen LogP contribution < -0.4 is 5.32 Å². The summed E-state index contributed by atoms with van der Waals surface area (Å²) in [6.45, 7) is 1.61. The normalized spacial score (nSPS) is 13.4. The summed E-state index contributed by atoms with van der Waals surface area (Å²) in [5.41, 5.74) is 0. The van der Waals surface area contributed by atoms with Crippen molar-refractivity contribution in [2.24, 2.45) is 0 Å². The molecule has 0 heterocycles. The van der Waals surface area contributed by atoms with Crippen LogP contribution in [0.1, 0.15) is 6.92 Å². The summed E-state index contributed by atoms with van der Waals surface area (Å²) < 4.78 is 0. The number of rotatable bonds is 3. The van der Waals surface area contributed by atoms with E-state index in [1.165, 1.54) is 13.0 Å². The highest BCUT2D eigenvalue weighted by atomic mass is 16.3. The fourth-order valence-electron chi connectivity index (χ4n) is 0.360. The number of nitrogens with one attached hydrogen (secondary N) is 1. The monoisotopic (exact) mass is 145 g/mol. The average Bonchev–Trinajstić information content (AvgIpc) is 1.88. The fraction of sp³-hybridized carbons (Fsp3) is 0.500. The Morgan fingerprint density at radius 2 is 2.40 bits per heavy atom. The third kappa shape index (κ3) is 3.91. The maximum Gasteiger partial charge on any atom is 0.248 e. The van der Waals surface area contributed by atoms with E-state index in [1.54, 1.807) is 0 Å². The van der Waals surface area contributed by atoms with Gasteiger partial charge in [0.15, 0.2) is 0 Å². The van der Waals surface area contributed by atoms with Crippen molar-refractivity contribution in [3.05, 3.63) is 12.3 Å². The summed E-state index contributed by atoms with van der Waals surface area (Å²) >= 11 is 0. The third-order valence-electron chi connectivity index (χ3n) is 0.879. The first-order chi connectivity index (χ1) is 4.68. The van der Waals surface area contributed by atoms with Gasteiger partial charge in [0, 0.05) is 6.54 Å². The summed E-state index contributed by atoms with van der Waals surface area (Å²) in [5.74, 6) is -0.446. The van der Waals surface area contributed by atoms with E-state index in [4.69, 9.17) is 10.2 Å². The molecule has 0 rings (SSSR count). The van der Waals surface area contributed by atoms with Gasteiger partial charge in [-0.1, -0.05) is 0 Å². The topological polar surface area (TPSA) is 69.6 Å². The average molecular weight is 145 g/mol. The molecule has 0 saturated heterocycles. The number of hydrogen-bond donors (Lipinski definition) is 3. The van der Waals surface area contributed by atoms with E-state index in [-0.39, 0.29) is 6.54 Å². The molecule has 0 aromatic rings. The molecule has 0 aliphatic heterocycles. The predicted octanol–water partition coefficient (Wildman–Crippen LogP) is -0.445. The molecule has 3 N–H and O–H groups in total. The smallest absolute Gasteiger partial charge is 0.248 e. The van der Waals surface area contributed by atoms with E-state index < -0.39 is 12.0 Å². The molecule has 1 unspecified atom stereocenters. The number of aliphatic hydroxyl groups excluding tert-OH is 2. The zero-order chi connectivity index (χ0) is 7.98. The van der Waals surface area contributed by atoms with Crippen molar-refractivity contribution in [2.75, 3.05) is 6.54 Å². The lowest BCUT2D eigenvalue weighted by Crippen LogP contribution is -2.32. The van der Waals surface area contributed by atoms with Crippen LogP contribution in [0.4, 0.5) is 0 Å². The van der Waals surface area contributed by atoms with Gasteiger partial charge in [-0.15, -0.1) is 0 Å². The second-order valence-electron chi connectivity index (χ2n) is 1.81. The van der Waals surface area contributed by atoms with Crippen molar-refractivity contribution in [1.82, 2.24) is 5.32 Å². The largest absolute Gasteiger partial charge is 0.516 e. The number of aliphatic hydroxyl groups is 2. The van der Waals surface area contributed by atoms with Gasteiger partial charge in [0.05, 0.1) is 6.26 Å². The molecule has 0 spiro atoms. The Morgan fingerprint density at radius 1 is 1.80 bits per heavy atom. The zero-order valence-corrected chi connectivity index (χ0v) is 5.74. The lowest BCUT2D eigenvalue weighted by atomic mass is 10.4. The molecule has 10 heavy (non-hydrogen) atoms. The van der Waals surface area contributed by atoms with Gasteiger partial charge in [0.1, 0.15) is 6.10 Å². The molecule has 0 fully saturated rings. The van der Waals surface area contributed by atoms with E-state index in [2.05, 4.69) is 5.32 Å². The van der Waals surface area contributed by atoms with E-state index in [0.717, 1.165) is 6.26 Å². The van der Waals surface area contributed by atoms with E-state index in [0.29, 0.717) is 0 Å². The summed E-state index contributed by atoms with van der Waals surface area (Å²) in [7, 11) is 0. The molecule has 0 saturated carbocycles. The number of carbonyl (C=O) groups is 1. The molecule has 0 aromatic heterocycles. The highest BCUT2D eigenvalue weighted by molar-refractivity contribution is 5.80. The van der Waals surface area contributed by atoms with Gasteiger partial charge in [-0.25, -0.2) is 0 Å². The van der Waals surface area contributed by atoms with Gasteiger partial charge in [0.2, 0.25) is 5.91 Å². The Labute approximate surface area is 59.2 Å². The summed E-state index contributed by atoms with van der Waals surface area (Å²) in [4.78, 5) is 10.5. The third-order valence-corrected chi connectivity index (χ3v) is 0.879. The first-order valence-corrected chi connectivity index (χ1v) is 2.93. The maximum atomic E-state index is 10.5. The van der Waals surface area contributed by atoms with Crippen LogP contribution in [0.5, 0.6) is 0 Å². The molecule has 0 aromatic carbocycles. The van der Waals surface area contributed by atoms with Crippen LogP contribution in [0.25, 0.3) is 0 Å². The van der Waals surface area contributed by atoms with Crippen LogP contribution in [0.2, 0.25) is 0 Å². The van der Waals surface area contributed by atoms with Crippen molar-refractivity contribution in [3.63, 3.8) is 0 Å². The Morgan fingerprint density at radius 3 is 2.80 bits per heavy atom. The summed E-state index contributed by atoms with van der Waals surface area (Å²) in [6.07, 6.45) is 1.20. The standard InChI is InChI=1S/C6H11NO3/c1-5(9)6(10)7-3-2-4-8/h2,4-5,8-9H,3H2,1H3,(H,7,10). The Hall–Kier alpha value is -1.03. The molecular formula is C6H11NO3. The van der Waals surface area contributed by atoms with Gasteiger partial charge in [-0.3, -0.25) is 4.79 Å². The van der Waals surface area contributed by atoms with Gasteiger partial charge < -0.3 is 15.5 Å². The first-order valence-electron chi connectivity index (χ1n) is 2.93. The lowest BCUT2D eigenvalue weighted by molar-refractivity contribution is -0.128. The van der Waals surface area contributed by atoms with Crippen molar-refractivity contribution in [2.45, 2.75) is 13.0 Å².